The molecule has 0 fully saturated rings. The highest BCUT2D eigenvalue weighted by molar-refractivity contribution is 6.32. The van der Waals surface area contributed by atoms with Gasteiger partial charge in [0.25, 0.3) is 5.91 Å². The number of nitrogens with one attached hydrogen (secondary N) is 2. The van der Waals surface area contributed by atoms with Crippen LogP contribution in [0.4, 0.5) is 10.1 Å². The Morgan fingerprint density at radius 1 is 1.18 bits per heavy atom. The fourth-order valence-electron chi connectivity index (χ4n) is 3.22. The number of rotatable bonds is 2. The van der Waals surface area contributed by atoms with Crippen molar-refractivity contribution in [3.8, 4) is 0 Å². The Bertz CT molecular complexity index is 1330. The zero-order valence-corrected chi connectivity index (χ0v) is 15.8. The summed E-state index contributed by atoms with van der Waals surface area (Å²) in [6.07, 6.45) is 1.36. The summed E-state index contributed by atoms with van der Waals surface area (Å²) in [6.45, 7) is 3.50. The minimum absolute atomic E-state index is 0.0479. The predicted molar refractivity (Wildman–Crippen MR) is 109 cm³/mol. The first-order valence-corrected chi connectivity index (χ1v) is 8.92. The van der Waals surface area contributed by atoms with E-state index in [0.29, 0.717) is 32.7 Å². The maximum Gasteiger partial charge on any atom is 0.261 e. The summed E-state index contributed by atoms with van der Waals surface area (Å²) in [5.74, 6) is -1.07. The molecule has 0 aliphatic heterocycles. The van der Waals surface area contributed by atoms with Crippen molar-refractivity contribution in [3.63, 3.8) is 0 Å². The first kappa shape index (κ1) is 18.1. The van der Waals surface area contributed by atoms with Gasteiger partial charge in [0.2, 0.25) is 5.43 Å². The Hall–Kier alpha value is -3.25. The van der Waals surface area contributed by atoms with Crippen LogP contribution in [0.5, 0.6) is 0 Å². The van der Waals surface area contributed by atoms with Gasteiger partial charge in [-0.15, -0.1) is 0 Å². The topological polar surface area (TPSA) is 74.8 Å². The molecule has 0 atom stereocenters. The Labute approximate surface area is 164 Å². The largest absolute Gasteiger partial charge is 0.360 e. The SMILES string of the molecule is Cc1cc(NC(=O)c2c[nH]c3c(C)c(Cl)ccc3c2=O)c2cccc(F)c2n1. The van der Waals surface area contributed by atoms with E-state index >= 15 is 0 Å². The predicted octanol–water partition coefficient (Wildman–Crippen LogP) is 4.74. The van der Waals surface area contributed by atoms with E-state index in [9.17, 15) is 14.0 Å². The molecule has 2 aromatic carbocycles. The van der Waals surface area contributed by atoms with Gasteiger partial charge in [0, 0.05) is 27.7 Å². The molecule has 2 heterocycles. The Kier molecular flexibility index (Phi) is 4.35. The number of aryl methyl sites for hydroxylation is 2. The molecule has 0 radical (unpaired) electrons. The third-order valence-electron chi connectivity index (χ3n) is 4.66. The van der Waals surface area contributed by atoms with Crippen molar-refractivity contribution in [1.29, 1.82) is 0 Å². The molecule has 0 aliphatic carbocycles. The fourth-order valence-corrected chi connectivity index (χ4v) is 3.38. The number of halogens is 2. The summed E-state index contributed by atoms with van der Waals surface area (Å²) in [5.41, 5.74) is 1.95. The van der Waals surface area contributed by atoms with Crippen LogP contribution in [0.1, 0.15) is 21.6 Å². The molecule has 0 aliphatic rings. The zero-order valence-electron chi connectivity index (χ0n) is 15.1. The van der Waals surface area contributed by atoms with E-state index in [2.05, 4.69) is 15.3 Å². The van der Waals surface area contributed by atoms with Gasteiger partial charge in [-0.2, -0.15) is 0 Å². The number of para-hydroxylation sites is 1. The van der Waals surface area contributed by atoms with Crippen LogP contribution in [0.15, 0.2) is 47.4 Å². The molecule has 2 aromatic heterocycles. The number of aromatic nitrogens is 2. The Morgan fingerprint density at radius 3 is 2.75 bits per heavy atom. The number of amides is 1. The lowest BCUT2D eigenvalue weighted by molar-refractivity contribution is 0.102. The second-order valence-corrected chi connectivity index (χ2v) is 6.93. The van der Waals surface area contributed by atoms with Crippen molar-refractivity contribution in [2.45, 2.75) is 13.8 Å². The van der Waals surface area contributed by atoms with Crippen LogP contribution in [-0.2, 0) is 0 Å². The van der Waals surface area contributed by atoms with Crippen molar-refractivity contribution in [3.05, 3.63) is 80.5 Å². The number of pyridine rings is 2. The van der Waals surface area contributed by atoms with E-state index in [1.807, 2.05) is 0 Å². The van der Waals surface area contributed by atoms with Gasteiger partial charge in [0.15, 0.2) is 0 Å². The molecule has 5 nitrogen and oxygen atoms in total. The quantitative estimate of drug-likeness (QED) is 0.515. The third-order valence-corrected chi connectivity index (χ3v) is 5.07. The molecule has 28 heavy (non-hydrogen) atoms. The van der Waals surface area contributed by atoms with Gasteiger partial charge in [-0.25, -0.2) is 9.37 Å². The van der Waals surface area contributed by atoms with Crippen LogP contribution >= 0.6 is 11.6 Å². The van der Waals surface area contributed by atoms with Crippen molar-refractivity contribution < 1.29 is 9.18 Å². The van der Waals surface area contributed by atoms with Gasteiger partial charge in [-0.05, 0) is 43.7 Å². The number of anilines is 1. The number of carbonyl (C=O) groups is 1. The van der Waals surface area contributed by atoms with Gasteiger partial charge in [0.1, 0.15) is 16.9 Å². The van der Waals surface area contributed by atoms with Crippen molar-refractivity contribution in [2.75, 3.05) is 5.32 Å². The van der Waals surface area contributed by atoms with Crippen molar-refractivity contribution in [1.82, 2.24) is 9.97 Å². The Morgan fingerprint density at radius 2 is 1.96 bits per heavy atom. The Balaban J connectivity index is 1.81. The second kappa shape index (κ2) is 6.73. The number of nitrogens with zero attached hydrogens (tertiary/aromatic N) is 1. The number of carbonyl (C=O) groups excluding carboxylic acids is 1. The van der Waals surface area contributed by atoms with Crippen molar-refractivity contribution in [2.24, 2.45) is 0 Å². The average Bonchev–Trinajstić information content (AvgIpc) is 2.66. The number of hydrogen-bond donors (Lipinski definition) is 2. The standard InChI is InChI=1S/C21H15ClFN3O2/c1-10-8-17(12-4-3-5-16(23)19(12)25-10)26-21(28)14-9-24-18-11(2)15(22)7-6-13(18)20(14)27/h3-9H,1-2H3,(H,24,27)(H,25,26,28). The molecule has 0 spiro atoms. The molecule has 2 N–H and O–H groups in total. The summed E-state index contributed by atoms with van der Waals surface area (Å²) in [7, 11) is 0. The molecule has 140 valence electrons. The number of aromatic amines is 1. The molecule has 0 bridgehead atoms. The molecule has 0 saturated heterocycles. The van der Waals surface area contributed by atoms with Crippen LogP contribution < -0.4 is 10.7 Å². The van der Waals surface area contributed by atoms with Crippen LogP contribution in [0.25, 0.3) is 21.8 Å². The van der Waals surface area contributed by atoms with E-state index < -0.39 is 17.2 Å². The molecule has 1 amide bonds. The third kappa shape index (κ3) is 2.92. The van der Waals surface area contributed by atoms with Crippen LogP contribution in [0.2, 0.25) is 5.02 Å². The van der Waals surface area contributed by atoms with E-state index in [1.54, 1.807) is 44.2 Å². The lowest BCUT2D eigenvalue weighted by Crippen LogP contribution is -2.22. The zero-order chi connectivity index (χ0) is 20.0. The molecular weight excluding hydrogens is 381 g/mol. The average molecular weight is 396 g/mol. The molecular formula is C21H15ClFN3O2. The first-order chi connectivity index (χ1) is 13.4. The van der Waals surface area contributed by atoms with Crippen molar-refractivity contribution >= 4 is 45.0 Å². The van der Waals surface area contributed by atoms with E-state index in [-0.39, 0.29) is 11.1 Å². The molecule has 4 aromatic rings. The van der Waals surface area contributed by atoms with Gasteiger partial charge in [-0.3, -0.25) is 9.59 Å². The number of fused-ring (bicyclic) bond motifs is 2. The maximum absolute atomic E-state index is 14.1. The highest BCUT2D eigenvalue weighted by atomic mass is 35.5. The minimum atomic E-state index is -0.591. The summed E-state index contributed by atoms with van der Waals surface area (Å²) in [4.78, 5) is 32.8. The fraction of sp³-hybridized carbons (Fsp3) is 0.0952. The lowest BCUT2D eigenvalue weighted by Gasteiger charge is -2.11. The summed E-state index contributed by atoms with van der Waals surface area (Å²) < 4.78 is 14.1. The van der Waals surface area contributed by atoms with E-state index in [1.165, 1.54) is 12.3 Å². The van der Waals surface area contributed by atoms with Gasteiger partial charge in [-0.1, -0.05) is 23.7 Å². The smallest absolute Gasteiger partial charge is 0.261 e. The molecule has 0 saturated carbocycles. The molecule has 0 unspecified atom stereocenters. The second-order valence-electron chi connectivity index (χ2n) is 6.53. The summed E-state index contributed by atoms with van der Waals surface area (Å²) in [5, 5.41) is 4.07. The molecule has 7 heteroatoms. The maximum atomic E-state index is 14.1. The van der Waals surface area contributed by atoms with Crippen LogP contribution in [0, 0.1) is 19.7 Å². The lowest BCUT2D eigenvalue weighted by atomic mass is 10.1. The van der Waals surface area contributed by atoms with Gasteiger partial charge >= 0.3 is 0 Å². The van der Waals surface area contributed by atoms with E-state index in [4.69, 9.17) is 11.6 Å². The van der Waals surface area contributed by atoms with Crippen LogP contribution in [-0.4, -0.2) is 15.9 Å². The molecule has 4 rings (SSSR count). The summed E-state index contributed by atoms with van der Waals surface area (Å²) in [6, 6.07) is 9.36. The highest BCUT2D eigenvalue weighted by Gasteiger charge is 2.17. The number of H-pyrrole nitrogens is 1. The summed E-state index contributed by atoms with van der Waals surface area (Å²) >= 11 is 6.09. The number of hydrogen-bond acceptors (Lipinski definition) is 3. The number of benzene rings is 2. The van der Waals surface area contributed by atoms with E-state index in [0.717, 1.165) is 5.56 Å². The highest BCUT2D eigenvalue weighted by Crippen LogP contribution is 2.26. The first-order valence-electron chi connectivity index (χ1n) is 8.54. The van der Waals surface area contributed by atoms with Gasteiger partial charge in [0.05, 0.1) is 11.2 Å². The normalized spacial score (nSPS) is 11.1. The minimum Gasteiger partial charge on any atom is -0.360 e. The van der Waals surface area contributed by atoms with Gasteiger partial charge < -0.3 is 10.3 Å². The van der Waals surface area contributed by atoms with Crippen LogP contribution in [0.3, 0.4) is 0 Å². The monoisotopic (exact) mass is 395 g/mol.